The van der Waals surface area contributed by atoms with Gasteiger partial charge in [0.15, 0.2) is 11.4 Å². The Hall–Kier alpha value is -4.38. The van der Waals surface area contributed by atoms with Crippen LogP contribution in [0.1, 0.15) is 15.9 Å². The number of halogens is 1. The minimum atomic E-state index is -0.441. The second-order valence-electron chi connectivity index (χ2n) is 9.73. The zero-order valence-electron chi connectivity index (χ0n) is 23.4. The summed E-state index contributed by atoms with van der Waals surface area (Å²) in [6.45, 7) is 6.27. The van der Waals surface area contributed by atoms with E-state index >= 15 is 0 Å². The Labute approximate surface area is 248 Å². The molecule has 42 heavy (non-hydrogen) atoms. The summed E-state index contributed by atoms with van der Waals surface area (Å²) in [6, 6.07) is 19.2. The number of rotatable bonds is 10. The standard InChI is InChI=1S/C31H32ClN5O5/c1-21-18-26(10-11-27(21)32)42-28-20-34-37(24-6-8-25(40-2)9-7-24)31(39)29(28)35-23-5-3-4-22(19-23)30(38)33-12-13-36-14-16-41-17-15-36/h3-11,18-20,35H,12-17H2,1-2H3,(H,33,38). The van der Waals surface area contributed by atoms with Gasteiger partial charge in [0, 0.05) is 42.5 Å². The van der Waals surface area contributed by atoms with Crippen molar-refractivity contribution in [2.45, 2.75) is 6.92 Å². The van der Waals surface area contributed by atoms with Crippen LogP contribution in [0.2, 0.25) is 5.02 Å². The van der Waals surface area contributed by atoms with E-state index in [1.54, 1.807) is 73.8 Å². The van der Waals surface area contributed by atoms with Gasteiger partial charge in [-0.05, 0) is 73.2 Å². The number of carbonyl (C=O) groups is 1. The molecule has 1 aliphatic heterocycles. The van der Waals surface area contributed by atoms with Crippen molar-refractivity contribution < 1.29 is 19.0 Å². The first kappa shape index (κ1) is 29.1. The summed E-state index contributed by atoms with van der Waals surface area (Å²) in [4.78, 5) is 28.9. The fraction of sp³-hybridized carbons (Fsp3) is 0.258. The third-order valence-corrected chi connectivity index (χ3v) is 7.25. The van der Waals surface area contributed by atoms with Crippen molar-refractivity contribution in [2.24, 2.45) is 0 Å². The number of methoxy groups -OCH3 is 1. The molecule has 0 bridgehead atoms. The van der Waals surface area contributed by atoms with Crippen LogP contribution in [0, 0.1) is 6.92 Å². The van der Waals surface area contributed by atoms with Gasteiger partial charge in [-0.1, -0.05) is 17.7 Å². The third kappa shape index (κ3) is 7.09. The summed E-state index contributed by atoms with van der Waals surface area (Å²) in [7, 11) is 1.57. The molecular formula is C31H32ClN5O5. The smallest absolute Gasteiger partial charge is 0.299 e. The molecule has 0 saturated carbocycles. The van der Waals surface area contributed by atoms with E-state index in [1.165, 1.54) is 10.9 Å². The molecule has 218 valence electrons. The van der Waals surface area contributed by atoms with Gasteiger partial charge in [-0.15, -0.1) is 0 Å². The molecule has 5 rings (SSSR count). The lowest BCUT2D eigenvalue weighted by Gasteiger charge is -2.26. The minimum Gasteiger partial charge on any atom is -0.497 e. The molecule has 3 aromatic carbocycles. The largest absolute Gasteiger partial charge is 0.497 e. The van der Waals surface area contributed by atoms with Gasteiger partial charge in [0.2, 0.25) is 0 Å². The van der Waals surface area contributed by atoms with Crippen LogP contribution in [-0.4, -0.2) is 67.1 Å². The van der Waals surface area contributed by atoms with Crippen LogP contribution in [0.5, 0.6) is 17.2 Å². The highest BCUT2D eigenvalue weighted by Gasteiger charge is 2.17. The molecule has 11 heteroatoms. The van der Waals surface area contributed by atoms with E-state index < -0.39 is 5.56 Å². The maximum Gasteiger partial charge on any atom is 0.299 e. The second kappa shape index (κ2) is 13.5. The molecular weight excluding hydrogens is 558 g/mol. The Morgan fingerprint density at radius 3 is 2.55 bits per heavy atom. The molecule has 4 aromatic rings. The molecule has 1 aromatic heterocycles. The normalized spacial score (nSPS) is 13.4. The Kier molecular flexibility index (Phi) is 9.38. The average Bonchev–Trinajstić information content (AvgIpc) is 3.01. The van der Waals surface area contributed by atoms with Crippen LogP contribution in [0.4, 0.5) is 11.4 Å². The molecule has 0 unspecified atom stereocenters. The number of amides is 1. The molecule has 0 spiro atoms. The maximum atomic E-state index is 13.8. The molecule has 2 N–H and O–H groups in total. The molecule has 1 fully saturated rings. The molecule has 0 atom stereocenters. The average molecular weight is 590 g/mol. The topological polar surface area (TPSA) is 107 Å². The number of hydrogen-bond acceptors (Lipinski definition) is 8. The molecule has 1 saturated heterocycles. The number of hydrogen-bond donors (Lipinski definition) is 2. The fourth-order valence-corrected chi connectivity index (χ4v) is 4.60. The van der Waals surface area contributed by atoms with Crippen LogP contribution in [-0.2, 0) is 4.74 Å². The van der Waals surface area contributed by atoms with Crippen molar-refractivity contribution in [3.63, 3.8) is 0 Å². The van der Waals surface area contributed by atoms with Crippen molar-refractivity contribution in [1.29, 1.82) is 0 Å². The summed E-state index contributed by atoms with van der Waals surface area (Å²) in [6.07, 6.45) is 1.47. The number of benzene rings is 3. The lowest BCUT2D eigenvalue weighted by Crippen LogP contribution is -2.41. The first-order valence-electron chi connectivity index (χ1n) is 13.6. The van der Waals surface area contributed by atoms with Crippen molar-refractivity contribution in [2.75, 3.05) is 51.8 Å². The summed E-state index contributed by atoms with van der Waals surface area (Å²) in [5, 5.41) is 11.1. The second-order valence-corrected chi connectivity index (χ2v) is 10.1. The van der Waals surface area contributed by atoms with Crippen molar-refractivity contribution >= 4 is 28.9 Å². The van der Waals surface area contributed by atoms with Gasteiger partial charge in [0.05, 0.1) is 32.2 Å². The van der Waals surface area contributed by atoms with Gasteiger partial charge < -0.3 is 24.8 Å². The molecule has 1 amide bonds. The molecule has 10 nitrogen and oxygen atoms in total. The summed E-state index contributed by atoms with van der Waals surface area (Å²) in [5.41, 5.74) is 2.09. The van der Waals surface area contributed by atoms with E-state index in [0.29, 0.717) is 53.2 Å². The van der Waals surface area contributed by atoms with Crippen LogP contribution < -0.4 is 25.7 Å². The lowest BCUT2D eigenvalue weighted by atomic mass is 10.2. The highest BCUT2D eigenvalue weighted by atomic mass is 35.5. The number of aromatic nitrogens is 2. The third-order valence-electron chi connectivity index (χ3n) is 6.83. The van der Waals surface area contributed by atoms with Crippen LogP contribution in [0.15, 0.2) is 77.7 Å². The van der Waals surface area contributed by atoms with Crippen molar-refractivity contribution in [3.05, 3.63) is 99.4 Å². The van der Waals surface area contributed by atoms with Gasteiger partial charge in [0.25, 0.3) is 11.5 Å². The summed E-state index contributed by atoms with van der Waals surface area (Å²) in [5.74, 6) is 1.16. The SMILES string of the molecule is COc1ccc(-n2ncc(Oc3ccc(Cl)c(C)c3)c(Nc3cccc(C(=O)NCCN4CCOCC4)c3)c2=O)cc1. The zero-order valence-corrected chi connectivity index (χ0v) is 24.2. The summed E-state index contributed by atoms with van der Waals surface area (Å²) >= 11 is 6.19. The van der Waals surface area contributed by atoms with Crippen LogP contribution >= 0.6 is 11.6 Å². The number of ether oxygens (including phenoxy) is 3. The Bertz CT molecular complexity index is 1600. The van der Waals surface area contributed by atoms with E-state index in [4.69, 9.17) is 25.8 Å². The number of aryl methyl sites for hydroxylation is 1. The lowest BCUT2D eigenvalue weighted by molar-refractivity contribution is 0.0383. The highest BCUT2D eigenvalue weighted by Crippen LogP contribution is 2.31. The van der Waals surface area contributed by atoms with Gasteiger partial charge >= 0.3 is 0 Å². The van der Waals surface area contributed by atoms with Crippen LogP contribution in [0.3, 0.4) is 0 Å². The van der Waals surface area contributed by atoms with Crippen molar-refractivity contribution in [3.8, 4) is 22.9 Å². The minimum absolute atomic E-state index is 0.151. The number of carbonyl (C=O) groups excluding carboxylic acids is 1. The van der Waals surface area contributed by atoms with E-state index in [-0.39, 0.29) is 17.3 Å². The van der Waals surface area contributed by atoms with E-state index in [9.17, 15) is 9.59 Å². The van der Waals surface area contributed by atoms with E-state index in [2.05, 4.69) is 20.6 Å². The van der Waals surface area contributed by atoms with Gasteiger partial charge in [-0.25, -0.2) is 0 Å². The highest BCUT2D eigenvalue weighted by molar-refractivity contribution is 6.31. The predicted octanol–water partition coefficient (Wildman–Crippen LogP) is 4.80. The number of nitrogens with one attached hydrogen (secondary N) is 2. The van der Waals surface area contributed by atoms with Crippen LogP contribution in [0.25, 0.3) is 5.69 Å². The van der Waals surface area contributed by atoms with Crippen molar-refractivity contribution in [1.82, 2.24) is 20.0 Å². The molecule has 2 heterocycles. The fourth-order valence-electron chi connectivity index (χ4n) is 4.48. The zero-order chi connectivity index (χ0) is 29.5. The predicted molar refractivity (Wildman–Crippen MR) is 162 cm³/mol. The van der Waals surface area contributed by atoms with E-state index in [0.717, 1.165) is 25.2 Å². The maximum absolute atomic E-state index is 13.8. The quantitative estimate of drug-likeness (QED) is 0.272. The molecule has 0 radical (unpaired) electrons. The van der Waals surface area contributed by atoms with Gasteiger partial charge in [-0.2, -0.15) is 9.78 Å². The Morgan fingerprint density at radius 1 is 1.05 bits per heavy atom. The Balaban J connectivity index is 1.41. The first-order chi connectivity index (χ1) is 20.4. The number of morpholine rings is 1. The van der Waals surface area contributed by atoms with Gasteiger partial charge in [0.1, 0.15) is 11.5 Å². The number of anilines is 2. The first-order valence-corrected chi connectivity index (χ1v) is 14.0. The molecule has 1 aliphatic rings. The number of nitrogens with zero attached hydrogens (tertiary/aromatic N) is 3. The molecule has 0 aliphatic carbocycles. The summed E-state index contributed by atoms with van der Waals surface area (Å²) < 4.78 is 18.0. The monoisotopic (exact) mass is 589 g/mol. The Morgan fingerprint density at radius 2 is 1.81 bits per heavy atom. The van der Waals surface area contributed by atoms with E-state index in [1.807, 2.05) is 6.92 Å². The van der Waals surface area contributed by atoms with Gasteiger partial charge in [-0.3, -0.25) is 14.5 Å².